The molecular weight excluding hydrogens is 360 g/mol. The summed E-state index contributed by atoms with van der Waals surface area (Å²) in [6.07, 6.45) is 2.08. The molecule has 28 heavy (non-hydrogen) atoms. The van der Waals surface area contributed by atoms with Gasteiger partial charge in [0, 0.05) is 18.2 Å². The Kier molecular flexibility index (Phi) is 6.26. The van der Waals surface area contributed by atoms with Crippen LogP contribution in [-0.2, 0) is 16.0 Å². The number of hydrogen-bond acceptors (Lipinski definition) is 6. The summed E-state index contributed by atoms with van der Waals surface area (Å²) in [7, 11) is 1.32. The van der Waals surface area contributed by atoms with Crippen LogP contribution in [0.3, 0.4) is 0 Å². The molecule has 1 amide bonds. The molecule has 1 unspecified atom stereocenters. The van der Waals surface area contributed by atoms with Gasteiger partial charge in [0.15, 0.2) is 0 Å². The van der Waals surface area contributed by atoms with E-state index >= 15 is 0 Å². The second-order valence-corrected chi connectivity index (χ2v) is 6.94. The number of carbonyl (C=O) groups is 2. The lowest BCUT2D eigenvalue weighted by atomic mass is 9.95. The van der Waals surface area contributed by atoms with Gasteiger partial charge in [-0.3, -0.25) is 9.59 Å². The maximum atomic E-state index is 12.7. The van der Waals surface area contributed by atoms with Gasteiger partial charge in [0.25, 0.3) is 5.91 Å². The minimum atomic E-state index is -0.635. The van der Waals surface area contributed by atoms with Gasteiger partial charge in [-0.15, -0.1) is 0 Å². The van der Waals surface area contributed by atoms with E-state index in [1.54, 1.807) is 37.3 Å². The summed E-state index contributed by atoms with van der Waals surface area (Å²) in [4.78, 5) is 36.6. The molecule has 2 N–H and O–H groups in total. The number of rotatable bonds is 5. The average molecular weight is 384 g/mol. The molecule has 7 heteroatoms. The fraction of sp³-hybridized carbons (Fsp3) is 0.381. The minimum absolute atomic E-state index is 0.00844. The Bertz CT molecular complexity index is 929. The van der Waals surface area contributed by atoms with Crippen molar-refractivity contribution in [2.24, 2.45) is 0 Å². The van der Waals surface area contributed by atoms with E-state index in [9.17, 15) is 14.4 Å². The van der Waals surface area contributed by atoms with Crippen LogP contribution in [0.5, 0.6) is 0 Å². The van der Waals surface area contributed by atoms with Gasteiger partial charge in [0.05, 0.1) is 13.5 Å². The van der Waals surface area contributed by atoms with E-state index in [0.717, 1.165) is 25.9 Å². The predicted molar refractivity (Wildman–Crippen MR) is 105 cm³/mol. The molecule has 1 aromatic carbocycles. The summed E-state index contributed by atoms with van der Waals surface area (Å²) >= 11 is 0. The Morgan fingerprint density at radius 2 is 2.14 bits per heavy atom. The third-order valence-electron chi connectivity index (χ3n) is 4.86. The van der Waals surface area contributed by atoms with E-state index < -0.39 is 11.5 Å². The highest BCUT2D eigenvalue weighted by Gasteiger charge is 2.22. The molecule has 0 aliphatic carbocycles. The maximum absolute atomic E-state index is 12.7. The highest BCUT2D eigenvalue weighted by molar-refractivity contribution is 6.05. The van der Waals surface area contributed by atoms with Gasteiger partial charge in [0.1, 0.15) is 11.3 Å². The molecule has 1 aromatic heterocycles. The number of nitrogens with one attached hydrogen (secondary N) is 2. The fourth-order valence-corrected chi connectivity index (χ4v) is 3.39. The van der Waals surface area contributed by atoms with Crippen LogP contribution in [-0.4, -0.2) is 32.1 Å². The zero-order chi connectivity index (χ0) is 20.1. The van der Waals surface area contributed by atoms with Crippen molar-refractivity contribution in [3.8, 4) is 0 Å². The van der Waals surface area contributed by atoms with Crippen molar-refractivity contribution in [3.63, 3.8) is 0 Å². The smallest absolute Gasteiger partial charge is 0.349 e. The second-order valence-electron chi connectivity index (χ2n) is 6.94. The van der Waals surface area contributed by atoms with Gasteiger partial charge < -0.3 is 19.8 Å². The molecule has 1 saturated heterocycles. The Balaban J connectivity index is 1.78. The van der Waals surface area contributed by atoms with Gasteiger partial charge in [-0.2, -0.15) is 0 Å². The zero-order valence-electron chi connectivity index (χ0n) is 16.0. The van der Waals surface area contributed by atoms with Crippen molar-refractivity contribution in [1.82, 2.24) is 5.32 Å². The summed E-state index contributed by atoms with van der Waals surface area (Å²) in [5.74, 6) is -0.138. The van der Waals surface area contributed by atoms with E-state index in [0.29, 0.717) is 22.6 Å². The summed E-state index contributed by atoms with van der Waals surface area (Å²) in [6.45, 7) is 3.47. The van der Waals surface area contributed by atoms with Crippen LogP contribution < -0.4 is 16.3 Å². The molecule has 148 valence electrons. The van der Waals surface area contributed by atoms with E-state index in [4.69, 9.17) is 4.42 Å². The standard InChI is InChI=1S/C21H24N2O5/c1-13-9-17(15-6-4-8-22-12-15)28-21(26)19(13)20(25)23-16-7-3-5-14(10-16)11-18(24)27-2/h3,5,7,9-10,15,22H,4,6,8,11-12H2,1-2H3,(H,23,25). The Morgan fingerprint density at radius 3 is 2.82 bits per heavy atom. The van der Waals surface area contributed by atoms with Crippen LogP contribution in [0.15, 0.2) is 39.5 Å². The normalized spacial score (nSPS) is 16.4. The molecule has 1 fully saturated rings. The number of benzene rings is 1. The second kappa shape index (κ2) is 8.84. The maximum Gasteiger partial charge on any atom is 0.349 e. The van der Waals surface area contributed by atoms with Gasteiger partial charge >= 0.3 is 11.6 Å². The van der Waals surface area contributed by atoms with E-state index in [2.05, 4.69) is 15.4 Å². The van der Waals surface area contributed by atoms with Crippen LogP contribution in [0.1, 0.15) is 46.0 Å². The quantitative estimate of drug-likeness (QED) is 0.768. The number of ether oxygens (including phenoxy) is 1. The van der Waals surface area contributed by atoms with Gasteiger partial charge in [-0.05, 0) is 55.6 Å². The molecule has 2 heterocycles. The van der Waals surface area contributed by atoms with Gasteiger partial charge in [0.2, 0.25) is 0 Å². The minimum Gasteiger partial charge on any atom is -0.469 e. The lowest BCUT2D eigenvalue weighted by Gasteiger charge is -2.22. The molecule has 0 spiro atoms. The number of anilines is 1. The Morgan fingerprint density at radius 1 is 1.32 bits per heavy atom. The number of piperidine rings is 1. The van der Waals surface area contributed by atoms with Gasteiger partial charge in [-0.1, -0.05) is 12.1 Å². The summed E-state index contributed by atoms with van der Waals surface area (Å²) < 4.78 is 10.1. The molecule has 0 radical (unpaired) electrons. The van der Waals surface area contributed by atoms with E-state index in [-0.39, 0.29) is 23.9 Å². The topological polar surface area (TPSA) is 97.6 Å². The molecule has 2 aromatic rings. The van der Waals surface area contributed by atoms with Crippen molar-refractivity contribution in [1.29, 1.82) is 0 Å². The molecule has 7 nitrogen and oxygen atoms in total. The molecule has 1 aliphatic heterocycles. The van der Waals surface area contributed by atoms with Crippen molar-refractivity contribution < 1.29 is 18.7 Å². The lowest BCUT2D eigenvalue weighted by molar-refractivity contribution is -0.139. The average Bonchev–Trinajstić information content (AvgIpc) is 2.68. The molecule has 1 aliphatic rings. The van der Waals surface area contributed by atoms with Gasteiger partial charge in [-0.25, -0.2) is 4.79 Å². The predicted octanol–water partition coefficient (Wildman–Crippen LogP) is 2.38. The lowest BCUT2D eigenvalue weighted by Crippen LogP contribution is -2.30. The molecule has 3 rings (SSSR count). The Labute approximate surface area is 163 Å². The number of esters is 1. The number of aryl methyl sites for hydroxylation is 1. The Hall–Kier alpha value is -2.93. The van der Waals surface area contributed by atoms with Crippen LogP contribution in [0, 0.1) is 6.92 Å². The first-order valence-corrected chi connectivity index (χ1v) is 9.30. The fourth-order valence-electron chi connectivity index (χ4n) is 3.39. The largest absolute Gasteiger partial charge is 0.469 e. The highest BCUT2D eigenvalue weighted by Crippen LogP contribution is 2.24. The van der Waals surface area contributed by atoms with E-state index in [1.807, 2.05) is 0 Å². The van der Waals surface area contributed by atoms with Crippen molar-refractivity contribution in [3.05, 3.63) is 63.2 Å². The van der Waals surface area contributed by atoms with Crippen LogP contribution >= 0.6 is 0 Å². The first-order chi connectivity index (χ1) is 13.5. The number of methoxy groups -OCH3 is 1. The molecular formula is C21H24N2O5. The first-order valence-electron chi connectivity index (χ1n) is 9.30. The first kappa shape index (κ1) is 19.8. The van der Waals surface area contributed by atoms with Crippen LogP contribution in [0.4, 0.5) is 5.69 Å². The van der Waals surface area contributed by atoms with Crippen molar-refractivity contribution >= 4 is 17.6 Å². The number of carbonyl (C=O) groups excluding carboxylic acids is 2. The summed E-state index contributed by atoms with van der Waals surface area (Å²) in [5.41, 5.74) is 1.13. The van der Waals surface area contributed by atoms with Crippen molar-refractivity contribution in [2.75, 3.05) is 25.5 Å². The zero-order valence-corrected chi connectivity index (χ0v) is 16.0. The highest BCUT2D eigenvalue weighted by atomic mass is 16.5. The van der Waals surface area contributed by atoms with Crippen molar-refractivity contribution in [2.45, 2.75) is 32.1 Å². The summed E-state index contributed by atoms with van der Waals surface area (Å²) in [5, 5.41) is 6.00. The molecule has 1 atom stereocenters. The SMILES string of the molecule is COC(=O)Cc1cccc(NC(=O)c2c(C)cc(C3CCCNC3)oc2=O)c1. The third-order valence-corrected chi connectivity index (χ3v) is 4.86. The van der Waals surface area contributed by atoms with E-state index in [1.165, 1.54) is 7.11 Å². The third kappa shape index (κ3) is 4.67. The number of amides is 1. The van der Waals surface area contributed by atoms with Crippen LogP contribution in [0.25, 0.3) is 0 Å². The monoisotopic (exact) mass is 384 g/mol. The van der Waals surface area contributed by atoms with Crippen LogP contribution in [0.2, 0.25) is 0 Å². The molecule has 0 saturated carbocycles. The summed E-state index contributed by atoms with van der Waals surface area (Å²) in [6, 6.07) is 8.63. The number of hydrogen-bond donors (Lipinski definition) is 2. The molecule has 0 bridgehead atoms.